The monoisotopic (exact) mass is 424 g/mol. The van der Waals surface area contributed by atoms with Gasteiger partial charge in [0.25, 0.3) is 0 Å². The number of nitrogens with zero attached hydrogens (tertiary/aromatic N) is 2. The molecule has 3 rings (SSSR count). The van der Waals surface area contributed by atoms with E-state index in [-0.39, 0.29) is 0 Å². The zero-order valence-corrected chi connectivity index (χ0v) is 17.0. The number of rotatable bonds is 6. The molecule has 0 unspecified atom stereocenters. The maximum Gasteiger partial charge on any atom is 0.217 e. The van der Waals surface area contributed by atoms with E-state index in [1.54, 1.807) is 23.9 Å². The predicted molar refractivity (Wildman–Crippen MR) is 109 cm³/mol. The van der Waals surface area contributed by atoms with Crippen LogP contribution in [0.15, 0.2) is 53.4 Å². The number of thioether (sulfide) groups is 1. The summed E-state index contributed by atoms with van der Waals surface area (Å²) in [4.78, 5) is 9.93. The maximum absolute atomic E-state index is 6.18. The summed E-state index contributed by atoms with van der Waals surface area (Å²) in [6, 6.07) is 14.9. The van der Waals surface area contributed by atoms with Crippen LogP contribution in [-0.4, -0.2) is 9.97 Å². The molecule has 0 N–H and O–H groups in total. The van der Waals surface area contributed by atoms with Gasteiger partial charge in [0.2, 0.25) is 5.88 Å². The zero-order valence-electron chi connectivity index (χ0n) is 13.9. The largest absolute Gasteiger partial charge is 0.473 e. The van der Waals surface area contributed by atoms with Gasteiger partial charge in [0.15, 0.2) is 0 Å². The Bertz CT molecular complexity index is 904. The average Bonchev–Trinajstić information content (AvgIpc) is 2.60. The minimum Gasteiger partial charge on any atom is -0.473 e. The lowest BCUT2D eigenvalue weighted by Crippen LogP contribution is -2.02. The Morgan fingerprint density at radius 1 is 0.923 bits per heavy atom. The number of benzene rings is 2. The molecule has 26 heavy (non-hydrogen) atoms. The predicted octanol–water partition coefficient (Wildman–Crippen LogP) is 6.62. The number of halogens is 3. The maximum atomic E-state index is 6.18. The van der Waals surface area contributed by atoms with Crippen LogP contribution in [0.1, 0.15) is 17.1 Å². The smallest absolute Gasteiger partial charge is 0.217 e. The molecule has 1 aromatic heterocycles. The van der Waals surface area contributed by atoms with Crippen molar-refractivity contribution in [3.05, 3.63) is 80.7 Å². The lowest BCUT2D eigenvalue weighted by Gasteiger charge is -2.09. The fraction of sp³-hybridized carbons (Fsp3) is 0.158. The van der Waals surface area contributed by atoms with Crippen molar-refractivity contribution in [2.45, 2.75) is 24.2 Å². The molecule has 7 heteroatoms. The Balaban J connectivity index is 1.66. The molecule has 0 bridgehead atoms. The van der Waals surface area contributed by atoms with Crippen molar-refractivity contribution in [1.29, 1.82) is 0 Å². The first-order valence-electron chi connectivity index (χ1n) is 7.79. The van der Waals surface area contributed by atoms with Gasteiger partial charge in [-0.25, -0.2) is 4.98 Å². The van der Waals surface area contributed by atoms with E-state index >= 15 is 0 Å². The van der Waals surface area contributed by atoms with Gasteiger partial charge in [-0.3, -0.25) is 0 Å². The topological polar surface area (TPSA) is 35.0 Å². The van der Waals surface area contributed by atoms with E-state index < -0.39 is 0 Å². The summed E-state index contributed by atoms with van der Waals surface area (Å²) in [5.41, 5.74) is 1.75. The van der Waals surface area contributed by atoms with E-state index in [9.17, 15) is 0 Å². The van der Waals surface area contributed by atoms with Crippen LogP contribution >= 0.6 is 46.6 Å². The Kier molecular flexibility index (Phi) is 6.65. The second kappa shape index (κ2) is 8.96. The molecular weight excluding hydrogens is 411 g/mol. The van der Waals surface area contributed by atoms with Gasteiger partial charge in [-0.2, -0.15) is 4.98 Å². The highest BCUT2D eigenvalue weighted by molar-refractivity contribution is 7.98. The number of aromatic nitrogens is 2. The summed E-state index contributed by atoms with van der Waals surface area (Å²) < 4.78 is 5.80. The van der Waals surface area contributed by atoms with Crippen LogP contribution in [-0.2, 0) is 12.4 Å². The Morgan fingerprint density at radius 3 is 2.38 bits per heavy atom. The van der Waals surface area contributed by atoms with E-state index in [4.69, 9.17) is 39.5 Å². The standard InChI is InChI=1S/C19H15Cl3N2OS/c1-12-23-16(11-26-17-6-4-14(20)5-7-17)9-19(24-12)25-10-13-2-3-15(21)8-18(13)22/h2-9H,10-11H2,1H3. The Hall–Kier alpha value is -1.46. The number of ether oxygens (including phenoxy) is 1. The molecule has 0 amide bonds. The number of hydrogen-bond acceptors (Lipinski definition) is 4. The zero-order chi connectivity index (χ0) is 18.5. The van der Waals surface area contributed by atoms with Crippen LogP contribution < -0.4 is 4.74 Å². The van der Waals surface area contributed by atoms with Gasteiger partial charge in [0, 0.05) is 37.3 Å². The van der Waals surface area contributed by atoms with Gasteiger partial charge in [-0.15, -0.1) is 11.8 Å². The third-order valence-electron chi connectivity index (χ3n) is 3.46. The van der Waals surface area contributed by atoms with Gasteiger partial charge in [0.1, 0.15) is 12.4 Å². The molecule has 3 aromatic rings. The van der Waals surface area contributed by atoms with Crippen molar-refractivity contribution in [3.8, 4) is 5.88 Å². The fourth-order valence-corrected chi connectivity index (χ4v) is 3.61. The van der Waals surface area contributed by atoms with Crippen LogP contribution in [0.4, 0.5) is 0 Å². The van der Waals surface area contributed by atoms with Crippen molar-refractivity contribution in [1.82, 2.24) is 9.97 Å². The summed E-state index contributed by atoms with van der Waals surface area (Å²) >= 11 is 19.7. The van der Waals surface area contributed by atoms with Gasteiger partial charge in [-0.1, -0.05) is 40.9 Å². The molecule has 0 aliphatic carbocycles. The third-order valence-corrected chi connectivity index (χ3v) is 5.34. The third kappa shape index (κ3) is 5.52. The highest BCUT2D eigenvalue weighted by Gasteiger charge is 2.07. The molecule has 0 radical (unpaired) electrons. The van der Waals surface area contributed by atoms with E-state index in [1.165, 1.54) is 0 Å². The summed E-state index contributed by atoms with van der Waals surface area (Å²) in [7, 11) is 0. The summed E-state index contributed by atoms with van der Waals surface area (Å²) in [6.45, 7) is 2.16. The fourth-order valence-electron chi connectivity index (χ4n) is 2.23. The molecule has 134 valence electrons. The average molecular weight is 426 g/mol. The van der Waals surface area contributed by atoms with Gasteiger partial charge in [-0.05, 0) is 43.3 Å². The molecule has 0 saturated heterocycles. The van der Waals surface area contributed by atoms with Crippen LogP contribution in [0.3, 0.4) is 0 Å². The summed E-state index contributed by atoms with van der Waals surface area (Å²) in [6.07, 6.45) is 0. The van der Waals surface area contributed by atoms with E-state index in [1.807, 2.05) is 43.3 Å². The Labute approximate surface area is 171 Å². The number of hydrogen-bond donors (Lipinski definition) is 0. The summed E-state index contributed by atoms with van der Waals surface area (Å²) in [5.74, 6) is 1.90. The second-order valence-electron chi connectivity index (χ2n) is 5.51. The highest BCUT2D eigenvalue weighted by atomic mass is 35.5. The van der Waals surface area contributed by atoms with Gasteiger partial charge in [0.05, 0.1) is 5.69 Å². The Morgan fingerprint density at radius 2 is 1.65 bits per heavy atom. The van der Waals surface area contributed by atoms with E-state index in [0.717, 1.165) is 21.2 Å². The molecule has 0 atom stereocenters. The molecule has 0 fully saturated rings. The normalized spacial score (nSPS) is 10.8. The van der Waals surface area contributed by atoms with Crippen LogP contribution in [0.25, 0.3) is 0 Å². The van der Waals surface area contributed by atoms with Crippen molar-refractivity contribution in [2.24, 2.45) is 0 Å². The second-order valence-corrected chi connectivity index (χ2v) is 7.84. The van der Waals surface area contributed by atoms with Crippen LogP contribution in [0.2, 0.25) is 15.1 Å². The van der Waals surface area contributed by atoms with Gasteiger partial charge >= 0.3 is 0 Å². The summed E-state index contributed by atoms with van der Waals surface area (Å²) in [5, 5.41) is 1.89. The SMILES string of the molecule is Cc1nc(CSc2ccc(Cl)cc2)cc(OCc2ccc(Cl)cc2Cl)n1. The van der Waals surface area contributed by atoms with Crippen LogP contribution in [0, 0.1) is 6.92 Å². The van der Waals surface area contributed by atoms with Crippen molar-refractivity contribution in [2.75, 3.05) is 0 Å². The van der Waals surface area contributed by atoms with Gasteiger partial charge < -0.3 is 4.74 Å². The minimum absolute atomic E-state index is 0.316. The first kappa shape index (κ1) is 19.3. The molecule has 0 spiro atoms. The molecule has 3 nitrogen and oxygen atoms in total. The molecule has 1 heterocycles. The quantitative estimate of drug-likeness (QED) is 0.416. The molecule has 0 saturated carbocycles. The molecule has 0 aliphatic rings. The van der Waals surface area contributed by atoms with Crippen molar-refractivity contribution < 1.29 is 4.74 Å². The van der Waals surface area contributed by atoms with Crippen molar-refractivity contribution >= 4 is 46.6 Å². The molecular formula is C19H15Cl3N2OS. The van der Waals surface area contributed by atoms with Crippen molar-refractivity contribution in [3.63, 3.8) is 0 Å². The first-order valence-corrected chi connectivity index (χ1v) is 9.91. The van der Waals surface area contributed by atoms with E-state index in [0.29, 0.717) is 34.1 Å². The lowest BCUT2D eigenvalue weighted by atomic mass is 10.2. The highest BCUT2D eigenvalue weighted by Crippen LogP contribution is 2.26. The van der Waals surface area contributed by atoms with E-state index in [2.05, 4.69) is 9.97 Å². The molecule has 2 aromatic carbocycles. The number of aryl methyl sites for hydroxylation is 1. The molecule has 0 aliphatic heterocycles. The van der Waals surface area contributed by atoms with Crippen LogP contribution in [0.5, 0.6) is 5.88 Å². The lowest BCUT2D eigenvalue weighted by molar-refractivity contribution is 0.292. The minimum atomic E-state index is 0.316. The first-order chi connectivity index (χ1) is 12.5.